The van der Waals surface area contributed by atoms with Crippen molar-refractivity contribution >= 4 is 46.0 Å². The van der Waals surface area contributed by atoms with Crippen molar-refractivity contribution in [2.75, 3.05) is 34.0 Å². The lowest BCUT2D eigenvalue weighted by Gasteiger charge is -2.23. The monoisotopic (exact) mass is 676 g/mol. The minimum absolute atomic E-state index is 0.221. The van der Waals surface area contributed by atoms with Crippen LogP contribution in [0.1, 0.15) is 31.0 Å². The number of hydrogen-bond donors (Lipinski definition) is 0. The number of nitrogens with zero attached hydrogens (tertiary/aromatic N) is 2. The van der Waals surface area contributed by atoms with E-state index < -0.39 is 12.0 Å². The maximum atomic E-state index is 14.0. The molecule has 1 aliphatic rings. The third-order valence-corrected chi connectivity index (χ3v) is 7.53. The number of aromatic nitrogens is 1. The molecule has 0 spiro atoms. The first-order valence-electron chi connectivity index (χ1n) is 12.5. The molecular weight excluding hydrogens is 647 g/mol. The lowest BCUT2D eigenvalue weighted by Crippen LogP contribution is -2.39. The van der Waals surface area contributed by atoms with Crippen molar-refractivity contribution in [3.8, 4) is 23.0 Å². The number of rotatable bonds is 11. The standard InChI is InChI=1S/C29H29IN2O7S/c1-6-11-39-26-18(12-19(30)15-23(26)35-4)14-24-27(33)32-25(20(28(34)36-5)16-31-29(32)40-24)17-9-10-21(37-7-2)22(13-17)38-8-3/h6,9-10,12-16,25H,1,7-8,11H2,2-5H3/b24-14+/t25-/m1/s1. The zero-order valence-electron chi connectivity index (χ0n) is 22.6. The number of carbonyl (C=O) groups is 1. The molecule has 0 aliphatic carbocycles. The van der Waals surface area contributed by atoms with E-state index in [0.29, 0.717) is 56.7 Å². The molecule has 0 saturated heterocycles. The highest BCUT2D eigenvalue weighted by molar-refractivity contribution is 14.1. The van der Waals surface area contributed by atoms with Crippen LogP contribution in [0.15, 0.2) is 64.5 Å². The third kappa shape index (κ3) is 5.94. The predicted octanol–water partition coefficient (Wildman–Crippen LogP) is 3.99. The Kier molecular flexibility index (Phi) is 9.69. The fourth-order valence-corrected chi connectivity index (χ4v) is 5.85. The molecular formula is C29H29IN2O7S. The summed E-state index contributed by atoms with van der Waals surface area (Å²) in [7, 11) is 2.86. The summed E-state index contributed by atoms with van der Waals surface area (Å²) in [5.41, 5.74) is 1.22. The lowest BCUT2D eigenvalue weighted by atomic mass is 9.97. The van der Waals surface area contributed by atoms with Crippen LogP contribution in [0.4, 0.5) is 0 Å². The fraction of sp³-hybridized carbons (Fsp3) is 0.276. The van der Waals surface area contributed by atoms with Crippen LogP contribution in [0, 0.1) is 3.57 Å². The number of carbonyl (C=O) groups excluding carboxylic acids is 1. The second-order valence-electron chi connectivity index (χ2n) is 8.37. The Balaban J connectivity index is 1.93. The Labute approximate surface area is 249 Å². The van der Waals surface area contributed by atoms with E-state index in [1.807, 2.05) is 32.0 Å². The maximum absolute atomic E-state index is 14.0. The number of benzene rings is 2. The molecule has 0 bridgehead atoms. The number of esters is 1. The molecule has 0 amide bonds. The van der Waals surface area contributed by atoms with Gasteiger partial charge in [-0.05, 0) is 72.3 Å². The average molecular weight is 677 g/mol. The largest absolute Gasteiger partial charge is 0.493 e. The molecule has 0 unspecified atom stereocenters. The first-order valence-corrected chi connectivity index (χ1v) is 14.4. The van der Waals surface area contributed by atoms with Gasteiger partial charge in [0.05, 0.1) is 43.6 Å². The second kappa shape index (κ2) is 13.2. The van der Waals surface area contributed by atoms with Crippen molar-refractivity contribution in [3.05, 3.63) is 89.1 Å². The van der Waals surface area contributed by atoms with Crippen LogP contribution < -0.4 is 33.8 Å². The van der Waals surface area contributed by atoms with Gasteiger partial charge in [0.25, 0.3) is 5.56 Å². The highest BCUT2D eigenvalue weighted by Crippen LogP contribution is 2.36. The molecule has 9 nitrogen and oxygen atoms in total. The quantitative estimate of drug-likeness (QED) is 0.172. The minimum atomic E-state index is -0.789. The van der Waals surface area contributed by atoms with E-state index in [2.05, 4.69) is 34.2 Å². The number of hydrogen-bond acceptors (Lipinski definition) is 9. The molecule has 210 valence electrons. The number of ether oxygens (including phenoxy) is 5. The Morgan fingerprint density at radius 1 is 1.10 bits per heavy atom. The minimum Gasteiger partial charge on any atom is -0.493 e. The summed E-state index contributed by atoms with van der Waals surface area (Å²) < 4.78 is 30.8. The molecule has 0 N–H and O–H groups in total. The highest BCUT2D eigenvalue weighted by atomic mass is 127. The molecule has 11 heteroatoms. The summed E-state index contributed by atoms with van der Waals surface area (Å²) in [5, 5.41) is 0. The summed E-state index contributed by atoms with van der Waals surface area (Å²) in [6.07, 6.45) is 4.84. The van der Waals surface area contributed by atoms with Crippen LogP contribution in [0.2, 0.25) is 0 Å². The number of thiazole rings is 1. The lowest BCUT2D eigenvalue weighted by molar-refractivity contribution is -0.136. The first-order chi connectivity index (χ1) is 19.4. The molecule has 0 fully saturated rings. The van der Waals surface area contributed by atoms with Crippen molar-refractivity contribution in [1.29, 1.82) is 0 Å². The molecule has 4 rings (SSSR count). The summed E-state index contributed by atoms with van der Waals surface area (Å²) in [5.74, 6) is 1.53. The normalized spacial score (nSPS) is 14.5. The Morgan fingerprint density at radius 3 is 2.52 bits per heavy atom. The molecule has 0 radical (unpaired) electrons. The summed E-state index contributed by atoms with van der Waals surface area (Å²) in [4.78, 5) is 31.7. The molecule has 2 heterocycles. The summed E-state index contributed by atoms with van der Waals surface area (Å²) in [6.45, 7) is 8.62. The van der Waals surface area contributed by atoms with Gasteiger partial charge in [-0.3, -0.25) is 9.36 Å². The topological polar surface area (TPSA) is 97.6 Å². The zero-order valence-corrected chi connectivity index (χ0v) is 25.5. The van der Waals surface area contributed by atoms with Crippen molar-refractivity contribution < 1.29 is 28.5 Å². The first kappa shape index (κ1) is 29.4. The Bertz CT molecular complexity index is 1640. The highest BCUT2D eigenvalue weighted by Gasteiger charge is 2.31. The van der Waals surface area contributed by atoms with Crippen LogP contribution in [0.5, 0.6) is 23.0 Å². The van der Waals surface area contributed by atoms with Crippen LogP contribution in [-0.2, 0) is 9.53 Å². The van der Waals surface area contributed by atoms with Gasteiger partial charge in [0.15, 0.2) is 27.8 Å². The Morgan fingerprint density at radius 2 is 1.85 bits per heavy atom. The second-order valence-corrected chi connectivity index (χ2v) is 10.6. The van der Waals surface area contributed by atoms with Crippen molar-refractivity contribution in [2.24, 2.45) is 4.99 Å². The molecule has 3 aromatic rings. The van der Waals surface area contributed by atoms with Crippen LogP contribution >= 0.6 is 33.9 Å². The molecule has 0 saturated carbocycles. The van der Waals surface area contributed by atoms with Crippen LogP contribution in [-0.4, -0.2) is 44.6 Å². The van der Waals surface area contributed by atoms with E-state index in [9.17, 15) is 9.59 Å². The summed E-state index contributed by atoms with van der Waals surface area (Å²) >= 11 is 3.39. The molecule has 1 aromatic heterocycles. The average Bonchev–Trinajstić information content (AvgIpc) is 3.27. The smallest absolute Gasteiger partial charge is 0.337 e. The number of halogens is 1. The molecule has 40 heavy (non-hydrogen) atoms. The van der Waals surface area contributed by atoms with Crippen LogP contribution in [0.25, 0.3) is 6.08 Å². The van der Waals surface area contributed by atoms with Crippen molar-refractivity contribution in [2.45, 2.75) is 19.9 Å². The third-order valence-electron chi connectivity index (χ3n) is 5.91. The number of methoxy groups -OCH3 is 2. The van der Waals surface area contributed by atoms with Crippen LogP contribution in [0.3, 0.4) is 0 Å². The maximum Gasteiger partial charge on any atom is 0.337 e. The van der Waals surface area contributed by atoms with Crippen molar-refractivity contribution in [3.63, 3.8) is 0 Å². The SMILES string of the molecule is C=CCOc1c(/C=c2/sc3n(c2=O)[C@H](c2ccc(OCC)c(OCC)c2)C(C(=O)OC)=CN=3)cc(I)cc1OC. The van der Waals surface area contributed by atoms with Gasteiger partial charge in [-0.25, -0.2) is 9.79 Å². The molecule has 1 atom stereocenters. The van der Waals surface area contributed by atoms with E-state index in [-0.39, 0.29) is 17.7 Å². The zero-order chi connectivity index (χ0) is 28.8. The van der Waals surface area contributed by atoms with Gasteiger partial charge in [-0.15, -0.1) is 0 Å². The number of fused-ring (bicyclic) bond motifs is 1. The molecule has 2 aromatic carbocycles. The van der Waals surface area contributed by atoms with E-state index in [1.54, 1.807) is 31.4 Å². The van der Waals surface area contributed by atoms with Gasteiger partial charge < -0.3 is 23.7 Å². The van der Waals surface area contributed by atoms with E-state index in [1.165, 1.54) is 29.2 Å². The van der Waals surface area contributed by atoms with Gasteiger partial charge >= 0.3 is 5.97 Å². The van der Waals surface area contributed by atoms with Crippen molar-refractivity contribution in [1.82, 2.24) is 4.57 Å². The van der Waals surface area contributed by atoms with E-state index in [0.717, 1.165) is 3.57 Å². The van der Waals surface area contributed by atoms with Gasteiger partial charge in [-0.1, -0.05) is 30.1 Å². The van der Waals surface area contributed by atoms with Gasteiger partial charge in [-0.2, -0.15) is 0 Å². The molecule has 1 aliphatic heterocycles. The van der Waals surface area contributed by atoms with Gasteiger partial charge in [0.2, 0.25) is 0 Å². The van der Waals surface area contributed by atoms with Gasteiger partial charge in [0.1, 0.15) is 6.61 Å². The predicted molar refractivity (Wildman–Crippen MR) is 161 cm³/mol. The fourth-order valence-electron chi connectivity index (χ4n) is 4.27. The van der Waals surface area contributed by atoms with E-state index in [4.69, 9.17) is 23.7 Å². The van der Waals surface area contributed by atoms with Gasteiger partial charge in [0, 0.05) is 15.3 Å². The Hall–Kier alpha value is -3.58. The van der Waals surface area contributed by atoms with E-state index >= 15 is 0 Å². The summed E-state index contributed by atoms with van der Waals surface area (Å²) in [6, 6.07) is 8.33.